The maximum Gasteiger partial charge on any atom is 0.195 e. The number of benzene rings is 15. The molecule has 0 atom stereocenters. The molecule has 0 saturated carbocycles. The van der Waals surface area contributed by atoms with Gasteiger partial charge in [-0.05, 0) is 149 Å². The van der Waals surface area contributed by atoms with E-state index in [2.05, 4.69) is 146 Å². The lowest BCUT2D eigenvalue weighted by molar-refractivity contribution is -0.109. The van der Waals surface area contributed by atoms with Crippen molar-refractivity contribution in [3.05, 3.63) is 490 Å². The molecule has 0 N–H and O–H groups in total. The molecule has 112 heavy (non-hydrogen) atoms. The molecule has 5 heteroatoms. The smallest absolute Gasteiger partial charge is 0.195 e. The minimum absolute atomic E-state index is 0.0355. The van der Waals surface area contributed by atoms with E-state index in [-0.39, 0.29) is 17.3 Å². The van der Waals surface area contributed by atoms with Crippen molar-refractivity contribution < 1.29 is 23.9 Å². The zero-order valence-corrected chi connectivity index (χ0v) is 61.0. The van der Waals surface area contributed by atoms with Gasteiger partial charge in [0.1, 0.15) is 23.0 Å². The molecule has 0 radical (unpaired) electrons. The van der Waals surface area contributed by atoms with Crippen molar-refractivity contribution >= 4 is 96.4 Å². The van der Waals surface area contributed by atoms with Gasteiger partial charge in [-0.15, -0.1) is 0 Å². The molecule has 0 unspecified atom stereocenters. The summed E-state index contributed by atoms with van der Waals surface area (Å²) in [4.78, 5) is 46.5. The first kappa shape index (κ1) is 68.9. The molecule has 0 spiro atoms. The predicted molar refractivity (Wildman–Crippen MR) is 460 cm³/mol. The Balaban J connectivity index is 0.679. The SMILES string of the molecule is O=C1C(c2ccc(-c3ccccc3)cc2)=C(c2ccccc2)C(c2ccc(Oc3ccc(C4=C(c5ccccc5)C(=O)C(c5ccc(-c6ccccc6)cc5)=C4c4ccc(Oc5ccc(C6=C(c7ccc(C=Cc8ccccc8)cc7)C(=O)C(c7ccccc7)=C6c6ccccc6)cc5)cc4)cc3)cc2)=C1c1ccccc1. The van der Waals surface area contributed by atoms with Crippen LogP contribution in [0.5, 0.6) is 23.0 Å². The highest BCUT2D eigenvalue weighted by Gasteiger charge is 2.39. The van der Waals surface area contributed by atoms with Gasteiger partial charge in [-0.2, -0.15) is 0 Å². The van der Waals surface area contributed by atoms with Gasteiger partial charge in [-0.25, -0.2) is 0 Å². The van der Waals surface area contributed by atoms with Crippen molar-refractivity contribution in [3.8, 4) is 45.3 Å². The fourth-order valence-corrected chi connectivity index (χ4v) is 15.7. The Morgan fingerprint density at radius 3 is 0.509 bits per heavy atom. The zero-order valence-electron chi connectivity index (χ0n) is 61.0. The van der Waals surface area contributed by atoms with Crippen LogP contribution in [0.4, 0.5) is 0 Å². The summed E-state index contributed by atoms with van der Waals surface area (Å²) in [6, 6.07) is 138. The summed E-state index contributed by atoms with van der Waals surface area (Å²) in [5.41, 5.74) is 25.4. The van der Waals surface area contributed by atoms with Gasteiger partial charge < -0.3 is 9.47 Å². The molecule has 0 fully saturated rings. The number of Topliss-reactive ketones (excluding diaryl/α,β-unsaturated/α-hetero) is 3. The Morgan fingerprint density at radius 1 is 0.134 bits per heavy atom. The summed E-state index contributed by atoms with van der Waals surface area (Å²) >= 11 is 0. The van der Waals surface area contributed by atoms with Gasteiger partial charge in [0.25, 0.3) is 0 Å². The van der Waals surface area contributed by atoms with Gasteiger partial charge >= 0.3 is 0 Å². The van der Waals surface area contributed by atoms with Gasteiger partial charge in [0.2, 0.25) is 0 Å². The highest BCUT2D eigenvalue weighted by atomic mass is 16.5. The van der Waals surface area contributed by atoms with E-state index in [9.17, 15) is 0 Å². The minimum Gasteiger partial charge on any atom is -0.457 e. The molecule has 0 bridgehead atoms. The lowest BCUT2D eigenvalue weighted by Crippen LogP contribution is -2.02. The fourth-order valence-electron chi connectivity index (χ4n) is 15.7. The van der Waals surface area contributed by atoms with Crippen LogP contribution in [-0.4, -0.2) is 17.3 Å². The average molecular weight is 1440 g/mol. The normalized spacial score (nSPS) is 13.7. The second-order valence-electron chi connectivity index (χ2n) is 27.9. The number of hydrogen-bond acceptors (Lipinski definition) is 5. The molecule has 0 amide bonds. The lowest BCUT2D eigenvalue weighted by Gasteiger charge is -2.16. The largest absolute Gasteiger partial charge is 0.457 e. The van der Waals surface area contributed by atoms with Gasteiger partial charge in [0.15, 0.2) is 17.3 Å². The maximum absolute atomic E-state index is 15.8. The number of carbonyl (C=O) groups excluding carboxylic acids is 3. The first-order valence-electron chi connectivity index (χ1n) is 37.6. The lowest BCUT2D eigenvalue weighted by atomic mass is 9.89. The van der Waals surface area contributed by atoms with Gasteiger partial charge in [-0.1, -0.05) is 376 Å². The van der Waals surface area contributed by atoms with Crippen LogP contribution in [0.25, 0.3) is 101 Å². The minimum atomic E-state index is -0.0891. The molecule has 0 aliphatic heterocycles. The molecule has 3 aliphatic carbocycles. The number of rotatable bonds is 20. The molecule has 0 aromatic heterocycles. The zero-order chi connectivity index (χ0) is 75.3. The van der Waals surface area contributed by atoms with Crippen LogP contribution in [0.3, 0.4) is 0 Å². The predicted octanol–water partition coefficient (Wildman–Crippen LogP) is 26.1. The standard InChI is InChI=1S/C107H70O5/c108-105-99(79-35-19-6-20-36-79)93(77-31-15-4-16-32-77)96(102(105)86-45-43-72(44-46-86)42-41-71-25-9-1-10-26-71)83-57-65-90(66-58-83)112-92-69-61-85(62-70-92)98-97(101(81-39-23-8-24-40-81)107(110)104(98)88-53-49-76(50-54-88)74-29-13-3-14-30-74)84-59-67-91(68-60-84)111-89-63-55-82(56-64-89)95-94(78-33-17-5-18-34-78)103(106(109)100(95)80-37-21-7-22-38-80)87-51-47-75(48-52-87)73-27-11-2-12-28-73/h1-70H. The Morgan fingerprint density at radius 2 is 0.277 bits per heavy atom. The molecular weight excluding hydrogens is 1370 g/mol. The number of ether oxygens (including phenoxy) is 2. The third-order valence-corrected chi connectivity index (χ3v) is 21.0. The molecule has 3 aliphatic rings. The summed E-state index contributed by atoms with van der Waals surface area (Å²) in [5, 5.41) is 0. The van der Waals surface area contributed by atoms with Crippen LogP contribution in [0.15, 0.2) is 413 Å². The molecular formula is C107H70O5. The van der Waals surface area contributed by atoms with Gasteiger partial charge in [0.05, 0.1) is 0 Å². The maximum atomic E-state index is 15.8. The Labute approximate surface area is 651 Å². The summed E-state index contributed by atoms with van der Waals surface area (Å²) in [5.74, 6) is 2.25. The average Bonchev–Trinajstić information content (AvgIpc) is 1.60. The monoisotopic (exact) mass is 1430 g/mol. The summed E-state index contributed by atoms with van der Waals surface area (Å²) in [6.07, 6.45) is 4.19. The third-order valence-electron chi connectivity index (χ3n) is 21.0. The summed E-state index contributed by atoms with van der Waals surface area (Å²) in [6.45, 7) is 0. The van der Waals surface area contributed by atoms with E-state index in [4.69, 9.17) is 9.47 Å². The summed E-state index contributed by atoms with van der Waals surface area (Å²) in [7, 11) is 0. The highest BCUT2D eigenvalue weighted by Crippen LogP contribution is 2.54. The van der Waals surface area contributed by atoms with Crippen LogP contribution in [0.1, 0.15) is 77.9 Å². The van der Waals surface area contributed by atoms with Crippen LogP contribution >= 0.6 is 0 Å². The van der Waals surface area contributed by atoms with Gasteiger partial charge in [-0.3, -0.25) is 14.4 Å². The Hall–Kier alpha value is -14.9. The van der Waals surface area contributed by atoms with E-state index in [1.165, 1.54) is 0 Å². The van der Waals surface area contributed by atoms with Gasteiger partial charge in [0, 0.05) is 66.9 Å². The molecule has 0 heterocycles. The Bertz CT molecular complexity index is 6280. The third kappa shape index (κ3) is 13.7. The van der Waals surface area contributed by atoms with E-state index in [1.807, 2.05) is 279 Å². The molecule has 15 aromatic carbocycles. The number of carbonyl (C=O) groups is 3. The second kappa shape index (κ2) is 30.8. The van der Waals surface area contributed by atoms with Crippen molar-refractivity contribution in [2.75, 3.05) is 0 Å². The highest BCUT2D eigenvalue weighted by molar-refractivity contribution is 6.61. The summed E-state index contributed by atoms with van der Waals surface area (Å²) < 4.78 is 13.5. The quantitative estimate of drug-likeness (QED) is 0.0711. The number of ketones is 3. The van der Waals surface area contributed by atoms with E-state index in [0.717, 1.165) is 134 Å². The molecule has 15 aromatic rings. The van der Waals surface area contributed by atoms with Crippen LogP contribution in [0, 0.1) is 0 Å². The van der Waals surface area contributed by atoms with Crippen molar-refractivity contribution in [1.29, 1.82) is 0 Å². The molecule has 18 rings (SSSR count). The van der Waals surface area contributed by atoms with Crippen molar-refractivity contribution in [1.82, 2.24) is 0 Å². The second-order valence-corrected chi connectivity index (χ2v) is 27.9. The van der Waals surface area contributed by atoms with Crippen LogP contribution in [0.2, 0.25) is 0 Å². The van der Waals surface area contributed by atoms with Crippen molar-refractivity contribution in [2.45, 2.75) is 0 Å². The molecule has 5 nitrogen and oxygen atoms in total. The van der Waals surface area contributed by atoms with E-state index in [1.54, 1.807) is 0 Å². The van der Waals surface area contributed by atoms with E-state index in [0.29, 0.717) is 56.4 Å². The first-order valence-corrected chi connectivity index (χ1v) is 37.6. The van der Waals surface area contributed by atoms with Crippen LogP contribution in [-0.2, 0) is 14.4 Å². The first-order chi connectivity index (χ1) is 55.3. The topological polar surface area (TPSA) is 69.7 Å². The van der Waals surface area contributed by atoms with Crippen LogP contribution < -0.4 is 9.47 Å². The van der Waals surface area contributed by atoms with Crippen molar-refractivity contribution in [3.63, 3.8) is 0 Å². The van der Waals surface area contributed by atoms with E-state index >= 15 is 14.4 Å². The van der Waals surface area contributed by atoms with Crippen molar-refractivity contribution in [2.24, 2.45) is 0 Å². The van der Waals surface area contributed by atoms with E-state index < -0.39 is 0 Å². The fraction of sp³-hybridized carbons (Fsp3) is 0. The Kier molecular flexibility index (Phi) is 18.9. The molecule has 528 valence electrons. The number of allylic oxidation sites excluding steroid dienone is 12. The molecule has 0 saturated heterocycles. The number of hydrogen-bond donors (Lipinski definition) is 0.